The summed E-state index contributed by atoms with van der Waals surface area (Å²) in [6.45, 7) is 0.403. The third-order valence-electron chi connectivity index (χ3n) is 1.74. The highest BCUT2D eigenvalue weighted by Gasteiger charge is 2.16. The lowest BCUT2D eigenvalue weighted by Crippen LogP contribution is -2.26. The number of rotatable bonds is 1. The Bertz CT molecular complexity index is 351. The fourth-order valence-electron chi connectivity index (χ4n) is 1.12. The molecule has 0 bridgehead atoms. The van der Waals surface area contributed by atoms with Crippen LogP contribution in [-0.4, -0.2) is 17.5 Å². The van der Waals surface area contributed by atoms with E-state index in [-0.39, 0.29) is 12.5 Å². The molecule has 0 aromatic carbocycles. The van der Waals surface area contributed by atoms with E-state index >= 15 is 0 Å². The first-order chi connectivity index (χ1) is 6.29. The van der Waals surface area contributed by atoms with Gasteiger partial charge in [-0.3, -0.25) is 4.79 Å². The maximum absolute atomic E-state index is 10.9. The van der Waals surface area contributed by atoms with Crippen molar-refractivity contribution >= 4 is 11.7 Å². The van der Waals surface area contributed by atoms with E-state index in [1.807, 2.05) is 0 Å². The summed E-state index contributed by atoms with van der Waals surface area (Å²) in [5, 5.41) is 2.60. The topological polar surface area (TPSA) is 77.2 Å². The van der Waals surface area contributed by atoms with Crippen LogP contribution in [0.1, 0.15) is 5.69 Å². The number of pyridine rings is 1. The van der Waals surface area contributed by atoms with Crippen LogP contribution >= 0.6 is 0 Å². The zero-order chi connectivity index (χ0) is 9.26. The Balaban J connectivity index is 2.38. The number of anilines is 1. The minimum absolute atomic E-state index is 0.0522. The summed E-state index contributed by atoms with van der Waals surface area (Å²) in [4.78, 5) is 15.0. The largest absolute Gasteiger partial charge is 0.480 e. The summed E-state index contributed by atoms with van der Waals surface area (Å²) in [5.41, 5.74) is 6.13. The molecule has 0 saturated carbocycles. The molecule has 3 N–H and O–H groups in total. The molecule has 1 aliphatic rings. The quantitative estimate of drug-likeness (QED) is 0.629. The number of carbonyl (C=O) groups is 1. The van der Waals surface area contributed by atoms with Crippen LogP contribution in [0.4, 0.5) is 5.82 Å². The van der Waals surface area contributed by atoms with Crippen molar-refractivity contribution in [1.29, 1.82) is 0 Å². The van der Waals surface area contributed by atoms with Crippen molar-refractivity contribution in [2.45, 2.75) is 6.54 Å². The Labute approximate surface area is 74.9 Å². The summed E-state index contributed by atoms with van der Waals surface area (Å²) in [7, 11) is 0. The predicted molar refractivity (Wildman–Crippen MR) is 46.3 cm³/mol. The highest BCUT2D eigenvalue weighted by molar-refractivity contribution is 5.94. The zero-order valence-corrected chi connectivity index (χ0v) is 6.91. The summed E-state index contributed by atoms with van der Waals surface area (Å²) < 4.78 is 5.12. The van der Waals surface area contributed by atoms with Crippen molar-refractivity contribution in [3.8, 4) is 5.75 Å². The second-order valence-electron chi connectivity index (χ2n) is 2.69. The normalized spacial score (nSPS) is 14.4. The number of fused-ring (bicyclic) bond motifs is 1. The molecule has 0 radical (unpaired) electrons. The molecule has 68 valence electrons. The number of nitrogens with zero attached hydrogens (tertiary/aromatic N) is 1. The van der Waals surface area contributed by atoms with Crippen LogP contribution in [0.5, 0.6) is 5.75 Å². The number of carbonyl (C=O) groups excluding carboxylic acids is 1. The van der Waals surface area contributed by atoms with E-state index < -0.39 is 0 Å². The molecule has 0 fully saturated rings. The standard InChI is InChI=1S/C8H9N3O2/c9-3-5-1-2-6-8(10-5)11-7(12)4-13-6/h1-2H,3-4,9H2,(H,10,11,12). The van der Waals surface area contributed by atoms with Crippen LogP contribution in [0.3, 0.4) is 0 Å². The van der Waals surface area contributed by atoms with Gasteiger partial charge in [-0.2, -0.15) is 0 Å². The maximum Gasteiger partial charge on any atom is 0.263 e. The second kappa shape index (κ2) is 3.02. The average molecular weight is 179 g/mol. The molecule has 0 unspecified atom stereocenters. The van der Waals surface area contributed by atoms with Crippen LogP contribution in [0.15, 0.2) is 12.1 Å². The van der Waals surface area contributed by atoms with E-state index in [0.29, 0.717) is 18.1 Å². The number of nitrogens with two attached hydrogens (primary N) is 1. The SMILES string of the molecule is NCc1ccc2c(n1)NC(=O)CO2. The van der Waals surface area contributed by atoms with Crippen LogP contribution in [-0.2, 0) is 11.3 Å². The van der Waals surface area contributed by atoms with Gasteiger partial charge in [0.15, 0.2) is 18.2 Å². The smallest absolute Gasteiger partial charge is 0.263 e. The van der Waals surface area contributed by atoms with Gasteiger partial charge < -0.3 is 15.8 Å². The van der Waals surface area contributed by atoms with E-state index in [9.17, 15) is 4.79 Å². The van der Waals surface area contributed by atoms with Crippen molar-refractivity contribution < 1.29 is 9.53 Å². The van der Waals surface area contributed by atoms with E-state index in [2.05, 4.69) is 10.3 Å². The summed E-state index contributed by atoms with van der Waals surface area (Å²) >= 11 is 0. The number of hydrogen-bond acceptors (Lipinski definition) is 4. The Morgan fingerprint density at radius 1 is 1.62 bits per heavy atom. The lowest BCUT2D eigenvalue weighted by molar-refractivity contribution is -0.118. The summed E-state index contributed by atoms with van der Waals surface area (Å²) in [6.07, 6.45) is 0. The van der Waals surface area contributed by atoms with Crippen molar-refractivity contribution in [3.05, 3.63) is 17.8 Å². The summed E-state index contributed by atoms with van der Waals surface area (Å²) in [5.74, 6) is 0.866. The molecule has 2 rings (SSSR count). The first-order valence-electron chi connectivity index (χ1n) is 3.92. The van der Waals surface area contributed by atoms with Crippen molar-refractivity contribution in [2.75, 3.05) is 11.9 Å². The fourth-order valence-corrected chi connectivity index (χ4v) is 1.12. The van der Waals surface area contributed by atoms with Gasteiger partial charge in [0.05, 0.1) is 5.69 Å². The molecular weight excluding hydrogens is 170 g/mol. The van der Waals surface area contributed by atoms with Crippen molar-refractivity contribution in [3.63, 3.8) is 0 Å². The van der Waals surface area contributed by atoms with E-state index in [1.54, 1.807) is 12.1 Å². The third-order valence-corrected chi connectivity index (χ3v) is 1.74. The molecule has 0 atom stereocenters. The molecule has 5 heteroatoms. The van der Waals surface area contributed by atoms with Crippen LogP contribution < -0.4 is 15.8 Å². The maximum atomic E-state index is 10.9. The Morgan fingerprint density at radius 2 is 2.46 bits per heavy atom. The van der Waals surface area contributed by atoms with Gasteiger partial charge in [0.25, 0.3) is 5.91 Å². The lowest BCUT2D eigenvalue weighted by Gasteiger charge is -2.16. The number of nitrogens with one attached hydrogen (secondary N) is 1. The highest BCUT2D eigenvalue weighted by Crippen LogP contribution is 2.24. The van der Waals surface area contributed by atoms with Crippen molar-refractivity contribution in [1.82, 2.24) is 4.98 Å². The predicted octanol–water partition coefficient (Wildman–Crippen LogP) is -0.129. The first kappa shape index (κ1) is 8.00. The lowest BCUT2D eigenvalue weighted by atomic mass is 10.3. The van der Waals surface area contributed by atoms with Crippen LogP contribution in [0.25, 0.3) is 0 Å². The van der Waals surface area contributed by atoms with Crippen LogP contribution in [0.2, 0.25) is 0 Å². The highest BCUT2D eigenvalue weighted by atomic mass is 16.5. The number of hydrogen-bond donors (Lipinski definition) is 2. The van der Waals surface area contributed by atoms with E-state index in [1.165, 1.54) is 0 Å². The summed E-state index contributed by atoms with van der Waals surface area (Å²) in [6, 6.07) is 3.53. The van der Waals surface area contributed by atoms with Gasteiger partial charge in [-0.1, -0.05) is 0 Å². The Morgan fingerprint density at radius 3 is 3.23 bits per heavy atom. The molecule has 1 amide bonds. The Hall–Kier alpha value is -1.62. The van der Waals surface area contributed by atoms with Gasteiger partial charge >= 0.3 is 0 Å². The van der Waals surface area contributed by atoms with Gasteiger partial charge in [-0.15, -0.1) is 0 Å². The zero-order valence-electron chi connectivity index (χ0n) is 6.91. The number of ether oxygens (including phenoxy) is 1. The van der Waals surface area contributed by atoms with Gasteiger partial charge in [-0.05, 0) is 12.1 Å². The van der Waals surface area contributed by atoms with Gasteiger partial charge in [0, 0.05) is 6.54 Å². The van der Waals surface area contributed by atoms with Gasteiger partial charge in [0.2, 0.25) is 0 Å². The third kappa shape index (κ3) is 1.46. The monoisotopic (exact) mass is 179 g/mol. The minimum Gasteiger partial charge on any atom is -0.480 e. The molecule has 0 spiro atoms. The minimum atomic E-state index is -0.186. The fraction of sp³-hybridized carbons (Fsp3) is 0.250. The van der Waals surface area contributed by atoms with Crippen molar-refractivity contribution in [2.24, 2.45) is 5.73 Å². The van der Waals surface area contributed by atoms with Gasteiger partial charge in [-0.25, -0.2) is 4.98 Å². The molecule has 13 heavy (non-hydrogen) atoms. The Kier molecular flexibility index (Phi) is 1.86. The molecule has 1 aromatic rings. The molecule has 1 aliphatic heterocycles. The van der Waals surface area contributed by atoms with E-state index in [0.717, 1.165) is 5.69 Å². The molecule has 0 aliphatic carbocycles. The second-order valence-corrected chi connectivity index (χ2v) is 2.69. The molecule has 0 saturated heterocycles. The molecule has 2 heterocycles. The van der Waals surface area contributed by atoms with Crippen LogP contribution in [0, 0.1) is 0 Å². The van der Waals surface area contributed by atoms with E-state index in [4.69, 9.17) is 10.5 Å². The average Bonchev–Trinajstić information content (AvgIpc) is 2.16. The van der Waals surface area contributed by atoms with Gasteiger partial charge in [0.1, 0.15) is 0 Å². The number of aromatic nitrogens is 1. The molecule has 1 aromatic heterocycles. The molecular formula is C8H9N3O2. The molecule has 5 nitrogen and oxygen atoms in total. The number of amides is 1. The first-order valence-corrected chi connectivity index (χ1v) is 3.92.